The quantitative estimate of drug-likeness (QED) is 0.867. The Morgan fingerprint density at radius 3 is 2.44 bits per heavy atom. The Hall–Kier alpha value is -1.73. The van der Waals surface area contributed by atoms with Gasteiger partial charge in [0.15, 0.2) is 0 Å². The van der Waals surface area contributed by atoms with E-state index in [1.54, 1.807) is 31.4 Å². The molecule has 0 saturated carbocycles. The second-order valence-corrected chi connectivity index (χ2v) is 7.48. The zero-order valence-electron chi connectivity index (χ0n) is 14.6. The third kappa shape index (κ3) is 4.67. The summed E-state index contributed by atoms with van der Waals surface area (Å²) >= 11 is 1.90. The molecule has 2 fully saturated rings. The summed E-state index contributed by atoms with van der Waals surface area (Å²) in [6.45, 7) is 3.38. The van der Waals surface area contributed by atoms with E-state index in [0.717, 1.165) is 23.8 Å². The van der Waals surface area contributed by atoms with Gasteiger partial charge in [-0.15, -0.1) is 0 Å². The van der Waals surface area contributed by atoms with Crippen LogP contribution in [0.1, 0.15) is 16.8 Å². The van der Waals surface area contributed by atoms with Gasteiger partial charge in [-0.2, -0.15) is 11.8 Å². The van der Waals surface area contributed by atoms with Gasteiger partial charge < -0.3 is 19.9 Å². The SMILES string of the molecule is COc1ccc(C(=O)N2CCN(C(=O)CC3CSCCN3)CC2)cc1. The van der Waals surface area contributed by atoms with E-state index in [9.17, 15) is 9.59 Å². The first kappa shape index (κ1) is 18.1. The highest BCUT2D eigenvalue weighted by molar-refractivity contribution is 7.99. The highest BCUT2D eigenvalue weighted by Gasteiger charge is 2.26. The van der Waals surface area contributed by atoms with Gasteiger partial charge in [0.25, 0.3) is 5.91 Å². The lowest BCUT2D eigenvalue weighted by atomic mass is 10.1. The molecule has 0 radical (unpaired) electrons. The molecule has 2 amide bonds. The third-order valence-corrected chi connectivity index (χ3v) is 5.81. The third-order valence-electron chi connectivity index (χ3n) is 4.68. The number of hydrogen-bond acceptors (Lipinski definition) is 5. The van der Waals surface area contributed by atoms with E-state index in [0.29, 0.717) is 38.2 Å². The molecule has 0 bridgehead atoms. The van der Waals surface area contributed by atoms with E-state index < -0.39 is 0 Å². The Balaban J connectivity index is 1.48. The molecule has 7 heteroatoms. The molecular formula is C18H25N3O3S. The van der Waals surface area contributed by atoms with E-state index in [2.05, 4.69) is 5.32 Å². The number of nitrogens with one attached hydrogen (secondary N) is 1. The molecule has 1 aromatic rings. The lowest BCUT2D eigenvalue weighted by Crippen LogP contribution is -2.52. The normalized spacial score (nSPS) is 21.1. The monoisotopic (exact) mass is 363 g/mol. The van der Waals surface area contributed by atoms with Crippen LogP contribution in [0, 0.1) is 0 Å². The van der Waals surface area contributed by atoms with Crippen molar-refractivity contribution in [3.05, 3.63) is 29.8 Å². The van der Waals surface area contributed by atoms with E-state index >= 15 is 0 Å². The topological polar surface area (TPSA) is 61.9 Å². The number of carbonyl (C=O) groups excluding carboxylic acids is 2. The fraction of sp³-hybridized carbons (Fsp3) is 0.556. The van der Waals surface area contributed by atoms with Crippen LogP contribution < -0.4 is 10.1 Å². The van der Waals surface area contributed by atoms with Crippen molar-refractivity contribution in [3.63, 3.8) is 0 Å². The number of rotatable bonds is 4. The number of benzene rings is 1. The first-order valence-electron chi connectivity index (χ1n) is 8.69. The van der Waals surface area contributed by atoms with Crippen molar-refractivity contribution in [2.45, 2.75) is 12.5 Å². The van der Waals surface area contributed by atoms with Crippen LogP contribution in [-0.4, -0.2) is 79.0 Å². The van der Waals surface area contributed by atoms with Gasteiger partial charge in [0.05, 0.1) is 7.11 Å². The molecule has 0 spiro atoms. The van der Waals surface area contributed by atoms with Gasteiger partial charge in [-0.05, 0) is 24.3 Å². The minimum absolute atomic E-state index is 0.0140. The molecule has 1 unspecified atom stereocenters. The zero-order chi connectivity index (χ0) is 17.6. The van der Waals surface area contributed by atoms with E-state index in [1.807, 2.05) is 21.6 Å². The molecule has 0 aliphatic carbocycles. The number of amides is 2. The standard InChI is InChI=1S/C18H25N3O3S/c1-24-16-4-2-14(3-5-16)18(23)21-9-7-20(8-10-21)17(22)12-15-13-25-11-6-19-15/h2-5,15,19H,6-13H2,1H3. The number of nitrogens with zero attached hydrogens (tertiary/aromatic N) is 2. The van der Waals surface area contributed by atoms with Crippen molar-refractivity contribution >= 4 is 23.6 Å². The average Bonchev–Trinajstić information content (AvgIpc) is 2.68. The van der Waals surface area contributed by atoms with Crippen molar-refractivity contribution in [1.29, 1.82) is 0 Å². The molecule has 2 aliphatic heterocycles. The Morgan fingerprint density at radius 1 is 1.16 bits per heavy atom. The van der Waals surface area contributed by atoms with E-state index in [4.69, 9.17) is 4.74 Å². The number of carbonyl (C=O) groups is 2. The Morgan fingerprint density at radius 2 is 1.84 bits per heavy atom. The summed E-state index contributed by atoms with van der Waals surface area (Å²) in [6.07, 6.45) is 0.555. The molecule has 6 nitrogen and oxygen atoms in total. The van der Waals surface area contributed by atoms with Gasteiger partial charge >= 0.3 is 0 Å². The first-order chi connectivity index (χ1) is 12.2. The lowest BCUT2D eigenvalue weighted by Gasteiger charge is -2.36. The van der Waals surface area contributed by atoms with E-state index in [-0.39, 0.29) is 17.9 Å². The summed E-state index contributed by atoms with van der Waals surface area (Å²) in [7, 11) is 1.61. The number of ether oxygens (including phenoxy) is 1. The van der Waals surface area contributed by atoms with Crippen LogP contribution in [0.2, 0.25) is 0 Å². The molecule has 3 rings (SSSR count). The van der Waals surface area contributed by atoms with Crippen molar-refractivity contribution in [3.8, 4) is 5.75 Å². The van der Waals surface area contributed by atoms with E-state index in [1.165, 1.54) is 0 Å². The molecule has 136 valence electrons. The van der Waals surface area contributed by atoms with Crippen LogP contribution in [0.25, 0.3) is 0 Å². The minimum Gasteiger partial charge on any atom is -0.497 e. The van der Waals surface area contributed by atoms with Crippen LogP contribution >= 0.6 is 11.8 Å². The van der Waals surface area contributed by atoms with Crippen molar-refractivity contribution < 1.29 is 14.3 Å². The predicted octanol–water partition coefficient (Wildman–Crippen LogP) is 1.07. The van der Waals surface area contributed by atoms with Gasteiger partial charge in [0.1, 0.15) is 5.75 Å². The summed E-state index contributed by atoms with van der Waals surface area (Å²) in [6, 6.07) is 7.44. The zero-order valence-corrected chi connectivity index (χ0v) is 15.4. The second kappa shape index (κ2) is 8.58. The molecule has 25 heavy (non-hydrogen) atoms. The molecule has 2 saturated heterocycles. The molecule has 0 aromatic heterocycles. The summed E-state index contributed by atoms with van der Waals surface area (Å²) in [4.78, 5) is 28.7. The summed E-state index contributed by atoms with van der Waals surface area (Å²) in [5, 5.41) is 3.40. The van der Waals surface area contributed by atoms with Crippen molar-refractivity contribution in [2.24, 2.45) is 0 Å². The molecule has 1 N–H and O–H groups in total. The number of thioether (sulfide) groups is 1. The van der Waals surface area contributed by atoms with Gasteiger partial charge in [-0.3, -0.25) is 9.59 Å². The van der Waals surface area contributed by atoms with Gasteiger partial charge in [0.2, 0.25) is 5.91 Å². The maximum Gasteiger partial charge on any atom is 0.253 e. The lowest BCUT2D eigenvalue weighted by molar-refractivity contribution is -0.133. The first-order valence-corrected chi connectivity index (χ1v) is 9.85. The largest absolute Gasteiger partial charge is 0.497 e. The predicted molar refractivity (Wildman–Crippen MR) is 99.2 cm³/mol. The van der Waals surface area contributed by atoms with Crippen molar-refractivity contribution in [2.75, 3.05) is 51.3 Å². The maximum atomic E-state index is 12.6. The van der Waals surface area contributed by atoms with Crippen molar-refractivity contribution in [1.82, 2.24) is 15.1 Å². The van der Waals surface area contributed by atoms with Gasteiger partial charge in [-0.1, -0.05) is 0 Å². The molecular weight excluding hydrogens is 338 g/mol. The fourth-order valence-electron chi connectivity index (χ4n) is 3.17. The number of hydrogen-bond donors (Lipinski definition) is 1. The van der Waals surface area contributed by atoms with Crippen LogP contribution in [0.5, 0.6) is 5.75 Å². The number of piperazine rings is 1. The summed E-state index contributed by atoms with van der Waals surface area (Å²) in [5.41, 5.74) is 0.656. The fourth-order valence-corrected chi connectivity index (χ4v) is 4.11. The maximum absolute atomic E-state index is 12.6. The van der Waals surface area contributed by atoms with Gasteiger partial charge in [0, 0.05) is 62.3 Å². The molecule has 2 heterocycles. The Kier molecular flexibility index (Phi) is 6.20. The number of methoxy groups -OCH3 is 1. The molecule has 1 aromatic carbocycles. The van der Waals surface area contributed by atoms with Crippen LogP contribution in [-0.2, 0) is 4.79 Å². The minimum atomic E-state index is 0.0140. The second-order valence-electron chi connectivity index (χ2n) is 6.33. The average molecular weight is 363 g/mol. The highest BCUT2D eigenvalue weighted by atomic mass is 32.2. The van der Waals surface area contributed by atoms with Crippen LogP contribution in [0.3, 0.4) is 0 Å². The summed E-state index contributed by atoms with van der Waals surface area (Å²) in [5.74, 6) is 3.07. The molecule has 2 aliphatic rings. The Labute approximate surface area is 152 Å². The van der Waals surface area contributed by atoms with Crippen LogP contribution in [0.15, 0.2) is 24.3 Å². The van der Waals surface area contributed by atoms with Gasteiger partial charge in [-0.25, -0.2) is 0 Å². The molecule has 1 atom stereocenters. The van der Waals surface area contributed by atoms with Crippen LogP contribution in [0.4, 0.5) is 0 Å². The summed E-state index contributed by atoms with van der Waals surface area (Å²) < 4.78 is 5.12. The smallest absolute Gasteiger partial charge is 0.253 e. The Bertz CT molecular complexity index is 594. The highest BCUT2D eigenvalue weighted by Crippen LogP contribution is 2.16.